The Hall–Kier alpha value is -2.61. The fourth-order valence-electron chi connectivity index (χ4n) is 3.26. The predicted molar refractivity (Wildman–Crippen MR) is 128 cm³/mol. The van der Waals surface area contributed by atoms with Gasteiger partial charge in [-0.2, -0.15) is 0 Å². The summed E-state index contributed by atoms with van der Waals surface area (Å²) in [4.78, 5) is 24.0. The number of carbonyl (C=O) groups is 1. The fraction of sp³-hybridized carbons (Fsp3) is 0.227. The van der Waals surface area contributed by atoms with E-state index in [0.717, 1.165) is 28.7 Å². The topological polar surface area (TPSA) is 60.2 Å². The molecule has 0 spiro atoms. The number of methoxy groups -OCH3 is 1. The van der Waals surface area contributed by atoms with E-state index in [1.807, 2.05) is 29.8 Å². The van der Waals surface area contributed by atoms with Crippen LogP contribution < -0.4 is 9.64 Å². The summed E-state index contributed by atoms with van der Waals surface area (Å²) < 4.78 is 8.18. The highest BCUT2D eigenvalue weighted by atomic mass is 35.5. The molecule has 0 N–H and O–H groups in total. The standard InChI is InChI=1S/C22H21ClN4O2S.ClH/c1-15-12-17(23)13-19-20(15)25-22(30-19)27(10-3-9-26-11-8-24-14-26)21(28)16-4-6-18(29-2)7-5-16;/h4-8,11-14H,3,9-10H2,1-2H3;1H. The predicted octanol–water partition coefficient (Wildman–Crippen LogP) is 5.62. The average molecular weight is 477 g/mol. The van der Waals surface area contributed by atoms with E-state index in [9.17, 15) is 4.79 Å². The van der Waals surface area contributed by atoms with Gasteiger partial charge in [-0.1, -0.05) is 22.9 Å². The number of aromatic nitrogens is 3. The molecule has 0 atom stereocenters. The van der Waals surface area contributed by atoms with Crippen molar-refractivity contribution in [2.75, 3.05) is 18.6 Å². The highest BCUT2D eigenvalue weighted by molar-refractivity contribution is 7.22. The van der Waals surface area contributed by atoms with Crippen molar-refractivity contribution in [3.8, 4) is 5.75 Å². The number of hydrogen-bond acceptors (Lipinski definition) is 5. The van der Waals surface area contributed by atoms with Gasteiger partial charge in [0.1, 0.15) is 5.75 Å². The fourth-order valence-corrected chi connectivity index (χ4v) is 4.71. The smallest absolute Gasteiger partial charge is 0.260 e. The molecule has 0 saturated carbocycles. The molecule has 1 amide bonds. The van der Waals surface area contributed by atoms with Crippen LogP contribution in [0.5, 0.6) is 5.75 Å². The van der Waals surface area contributed by atoms with Gasteiger partial charge in [0.2, 0.25) is 0 Å². The second-order valence-electron chi connectivity index (χ2n) is 6.91. The molecule has 0 unspecified atom stereocenters. The van der Waals surface area contributed by atoms with Crippen LogP contribution in [0.25, 0.3) is 10.2 Å². The number of carbonyl (C=O) groups excluding carboxylic acids is 1. The van der Waals surface area contributed by atoms with Crippen LogP contribution in [0.1, 0.15) is 22.3 Å². The first-order valence-corrected chi connectivity index (χ1v) is 10.7. The highest BCUT2D eigenvalue weighted by Crippen LogP contribution is 2.34. The summed E-state index contributed by atoms with van der Waals surface area (Å²) in [7, 11) is 1.60. The Kier molecular flexibility index (Phi) is 7.54. The Bertz CT molecular complexity index is 1160. The first-order chi connectivity index (χ1) is 14.5. The molecular weight excluding hydrogens is 455 g/mol. The second kappa shape index (κ2) is 10.1. The molecular formula is C22H22Cl2N4O2S. The monoisotopic (exact) mass is 476 g/mol. The van der Waals surface area contributed by atoms with Crippen molar-refractivity contribution >= 4 is 56.6 Å². The first kappa shape index (κ1) is 23.1. The van der Waals surface area contributed by atoms with Crippen molar-refractivity contribution in [3.05, 3.63) is 71.3 Å². The Balaban J connectivity index is 0.00000272. The molecule has 4 rings (SSSR count). The van der Waals surface area contributed by atoms with Gasteiger partial charge in [0, 0.05) is 36.1 Å². The lowest BCUT2D eigenvalue weighted by Crippen LogP contribution is -2.32. The van der Waals surface area contributed by atoms with Crippen LogP contribution in [-0.4, -0.2) is 34.1 Å². The number of benzene rings is 2. The van der Waals surface area contributed by atoms with E-state index in [0.29, 0.717) is 28.0 Å². The van der Waals surface area contributed by atoms with Crippen LogP contribution in [0.3, 0.4) is 0 Å². The van der Waals surface area contributed by atoms with E-state index in [-0.39, 0.29) is 18.3 Å². The van der Waals surface area contributed by atoms with Crippen LogP contribution in [0.2, 0.25) is 5.02 Å². The minimum absolute atomic E-state index is 0. The van der Waals surface area contributed by atoms with E-state index in [2.05, 4.69) is 4.98 Å². The Morgan fingerprint density at radius 2 is 2.03 bits per heavy atom. The number of nitrogens with zero attached hydrogens (tertiary/aromatic N) is 4. The average Bonchev–Trinajstić information content (AvgIpc) is 3.41. The lowest BCUT2D eigenvalue weighted by molar-refractivity contribution is 0.0986. The number of anilines is 1. The van der Waals surface area contributed by atoms with E-state index < -0.39 is 0 Å². The minimum atomic E-state index is -0.0916. The van der Waals surface area contributed by atoms with Crippen LogP contribution >= 0.6 is 35.3 Å². The summed E-state index contributed by atoms with van der Waals surface area (Å²) in [6, 6.07) is 10.9. The van der Waals surface area contributed by atoms with Crippen LogP contribution in [0.15, 0.2) is 55.1 Å². The minimum Gasteiger partial charge on any atom is -0.497 e. The van der Waals surface area contributed by atoms with Crippen LogP contribution in [0.4, 0.5) is 5.13 Å². The van der Waals surface area contributed by atoms with Crippen molar-refractivity contribution in [2.45, 2.75) is 19.9 Å². The summed E-state index contributed by atoms with van der Waals surface area (Å²) in [6.07, 6.45) is 6.21. The van der Waals surface area contributed by atoms with Crippen LogP contribution in [-0.2, 0) is 6.54 Å². The number of halogens is 2. The molecule has 2 aromatic carbocycles. The molecule has 2 aromatic heterocycles. The number of fused-ring (bicyclic) bond motifs is 1. The molecule has 0 saturated heterocycles. The maximum absolute atomic E-state index is 13.4. The maximum Gasteiger partial charge on any atom is 0.260 e. The van der Waals surface area contributed by atoms with E-state index in [1.165, 1.54) is 11.3 Å². The molecule has 0 aliphatic heterocycles. The Morgan fingerprint density at radius 1 is 1.26 bits per heavy atom. The Morgan fingerprint density at radius 3 is 2.71 bits per heavy atom. The number of aryl methyl sites for hydroxylation is 2. The summed E-state index contributed by atoms with van der Waals surface area (Å²) in [5.41, 5.74) is 2.46. The van der Waals surface area contributed by atoms with Gasteiger partial charge in [-0.3, -0.25) is 9.69 Å². The zero-order chi connectivity index (χ0) is 21.1. The zero-order valence-corrected chi connectivity index (χ0v) is 19.5. The quantitative estimate of drug-likeness (QED) is 0.347. The maximum atomic E-state index is 13.4. The summed E-state index contributed by atoms with van der Waals surface area (Å²) >= 11 is 7.70. The largest absolute Gasteiger partial charge is 0.497 e. The van der Waals surface area contributed by atoms with Crippen molar-refractivity contribution in [2.24, 2.45) is 0 Å². The summed E-state index contributed by atoms with van der Waals surface area (Å²) in [5, 5.41) is 1.34. The molecule has 0 fully saturated rings. The molecule has 0 radical (unpaired) electrons. The lowest BCUT2D eigenvalue weighted by atomic mass is 10.2. The molecule has 0 aliphatic rings. The van der Waals surface area contributed by atoms with Crippen molar-refractivity contribution < 1.29 is 9.53 Å². The molecule has 31 heavy (non-hydrogen) atoms. The third-order valence-corrected chi connectivity index (χ3v) is 6.05. The first-order valence-electron chi connectivity index (χ1n) is 9.53. The van der Waals surface area contributed by atoms with Gasteiger partial charge in [-0.15, -0.1) is 12.4 Å². The van der Waals surface area contributed by atoms with Crippen molar-refractivity contribution in [3.63, 3.8) is 0 Å². The molecule has 9 heteroatoms. The van der Waals surface area contributed by atoms with E-state index in [4.69, 9.17) is 21.3 Å². The molecule has 162 valence electrons. The number of amides is 1. The molecule has 4 aromatic rings. The van der Waals surface area contributed by atoms with Gasteiger partial charge in [0.15, 0.2) is 5.13 Å². The number of rotatable bonds is 7. The van der Waals surface area contributed by atoms with Gasteiger partial charge in [-0.05, 0) is 55.3 Å². The van der Waals surface area contributed by atoms with Crippen molar-refractivity contribution in [1.29, 1.82) is 0 Å². The van der Waals surface area contributed by atoms with Gasteiger partial charge in [0.05, 0.1) is 23.7 Å². The van der Waals surface area contributed by atoms with E-state index >= 15 is 0 Å². The second-order valence-corrected chi connectivity index (χ2v) is 8.35. The molecule has 2 heterocycles. The van der Waals surface area contributed by atoms with Gasteiger partial charge < -0.3 is 9.30 Å². The van der Waals surface area contributed by atoms with Gasteiger partial charge in [0.25, 0.3) is 5.91 Å². The Labute approximate surface area is 195 Å². The third kappa shape index (κ3) is 5.18. The normalized spacial score (nSPS) is 10.7. The summed E-state index contributed by atoms with van der Waals surface area (Å²) in [6.45, 7) is 3.28. The van der Waals surface area contributed by atoms with Crippen LogP contribution in [0, 0.1) is 6.92 Å². The third-order valence-electron chi connectivity index (χ3n) is 4.81. The molecule has 0 aliphatic carbocycles. The number of imidazole rings is 1. The zero-order valence-electron chi connectivity index (χ0n) is 17.1. The molecule has 6 nitrogen and oxygen atoms in total. The number of ether oxygens (including phenoxy) is 1. The summed E-state index contributed by atoms with van der Waals surface area (Å²) in [5.74, 6) is 0.620. The lowest BCUT2D eigenvalue weighted by Gasteiger charge is -2.20. The van der Waals surface area contributed by atoms with Gasteiger partial charge in [-0.25, -0.2) is 9.97 Å². The molecule has 0 bridgehead atoms. The SMILES string of the molecule is COc1ccc(C(=O)N(CCCn2ccnc2)c2nc3c(C)cc(Cl)cc3s2)cc1.Cl. The number of thiazole rings is 1. The highest BCUT2D eigenvalue weighted by Gasteiger charge is 2.22. The van der Waals surface area contributed by atoms with Gasteiger partial charge >= 0.3 is 0 Å². The number of hydrogen-bond donors (Lipinski definition) is 0. The van der Waals surface area contributed by atoms with Crippen molar-refractivity contribution in [1.82, 2.24) is 14.5 Å². The van der Waals surface area contributed by atoms with E-state index in [1.54, 1.807) is 48.8 Å².